The maximum Gasteiger partial charge on any atom is 0.227 e. The summed E-state index contributed by atoms with van der Waals surface area (Å²) in [4.78, 5) is 25.1. The molecule has 0 atom stereocenters. The van der Waals surface area contributed by atoms with Gasteiger partial charge in [-0.25, -0.2) is 0 Å². The molecule has 1 rings (SSSR count). The largest absolute Gasteiger partial charge is 0.349 e. The van der Waals surface area contributed by atoms with Gasteiger partial charge in [-0.05, 0) is 30.5 Å². The van der Waals surface area contributed by atoms with E-state index in [-0.39, 0.29) is 17.7 Å². The van der Waals surface area contributed by atoms with Crippen molar-refractivity contribution in [2.75, 3.05) is 19.4 Å². The fraction of sp³-hybridized carbons (Fsp3) is 0.500. The molecule has 2 amide bonds. The number of carbonyl (C=O) groups excluding carboxylic acids is 2. The van der Waals surface area contributed by atoms with E-state index in [4.69, 9.17) is 0 Å². The summed E-state index contributed by atoms with van der Waals surface area (Å²) in [6, 6.07) is 7.45. The van der Waals surface area contributed by atoms with Crippen molar-refractivity contribution in [2.45, 2.75) is 33.1 Å². The Bertz CT molecular complexity index is 448. The lowest BCUT2D eigenvalue weighted by Gasteiger charge is -2.13. The van der Waals surface area contributed by atoms with Crippen LogP contribution < -0.4 is 5.32 Å². The van der Waals surface area contributed by atoms with Crippen molar-refractivity contribution in [3.8, 4) is 0 Å². The summed E-state index contributed by atoms with van der Waals surface area (Å²) in [5.41, 5.74) is 1.73. The summed E-state index contributed by atoms with van der Waals surface area (Å²) in [5.74, 6) is 0.191. The van der Waals surface area contributed by atoms with Gasteiger partial charge in [-0.15, -0.1) is 0 Å². The van der Waals surface area contributed by atoms with Gasteiger partial charge >= 0.3 is 0 Å². The third kappa shape index (κ3) is 4.68. The molecule has 1 N–H and O–H groups in total. The minimum absolute atomic E-state index is 0.0602. The fourth-order valence-electron chi connectivity index (χ4n) is 1.94. The summed E-state index contributed by atoms with van der Waals surface area (Å²) in [7, 11) is 3.49. The second-order valence-electron chi connectivity index (χ2n) is 5.16. The summed E-state index contributed by atoms with van der Waals surface area (Å²) in [6.07, 6.45) is 2.07. The van der Waals surface area contributed by atoms with Gasteiger partial charge in [-0.2, -0.15) is 0 Å². The van der Waals surface area contributed by atoms with E-state index in [0.717, 1.165) is 24.1 Å². The molecule has 4 heteroatoms. The third-order valence-electron chi connectivity index (χ3n) is 3.43. The molecule has 0 fully saturated rings. The number of anilines is 1. The van der Waals surface area contributed by atoms with Crippen LogP contribution in [0, 0.1) is 5.92 Å². The predicted octanol–water partition coefficient (Wildman–Crippen LogP) is 2.69. The molecule has 0 aliphatic rings. The number of benzene rings is 1. The molecular formula is C16H24N2O2. The number of carbonyl (C=O) groups is 2. The first-order valence-electron chi connectivity index (χ1n) is 7.07. The topological polar surface area (TPSA) is 49.4 Å². The van der Waals surface area contributed by atoms with Crippen LogP contribution in [0.25, 0.3) is 0 Å². The highest BCUT2D eigenvalue weighted by Gasteiger charge is 2.14. The minimum Gasteiger partial charge on any atom is -0.349 e. The van der Waals surface area contributed by atoms with Crippen molar-refractivity contribution < 1.29 is 9.59 Å². The average molecular weight is 276 g/mol. The number of hydrogen-bond donors (Lipinski definition) is 1. The molecule has 20 heavy (non-hydrogen) atoms. The first-order valence-corrected chi connectivity index (χ1v) is 7.07. The van der Waals surface area contributed by atoms with Crippen LogP contribution in [-0.2, 0) is 16.0 Å². The van der Waals surface area contributed by atoms with Gasteiger partial charge in [0.2, 0.25) is 11.8 Å². The van der Waals surface area contributed by atoms with Crippen molar-refractivity contribution in [2.24, 2.45) is 5.92 Å². The van der Waals surface area contributed by atoms with E-state index < -0.39 is 0 Å². The minimum atomic E-state index is 0.0602. The zero-order chi connectivity index (χ0) is 15.1. The maximum atomic E-state index is 12.0. The van der Waals surface area contributed by atoms with Crippen LogP contribution in [0.5, 0.6) is 0 Å². The van der Waals surface area contributed by atoms with Gasteiger partial charge < -0.3 is 10.2 Å². The fourth-order valence-corrected chi connectivity index (χ4v) is 1.94. The van der Waals surface area contributed by atoms with Gasteiger partial charge in [-0.1, -0.05) is 26.0 Å². The van der Waals surface area contributed by atoms with Crippen LogP contribution in [0.4, 0.5) is 5.69 Å². The quantitative estimate of drug-likeness (QED) is 0.868. The number of hydrogen-bond acceptors (Lipinski definition) is 2. The Labute approximate surface area is 121 Å². The summed E-state index contributed by atoms with van der Waals surface area (Å²) in [5, 5.41) is 2.91. The van der Waals surface area contributed by atoms with E-state index in [0.29, 0.717) is 6.42 Å². The number of likely N-dealkylation sites (N-methyl/N-ethyl adjacent to an activating group) is 1. The second kappa shape index (κ2) is 7.68. The molecule has 0 spiro atoms. The molecule has 0 radical (unpaired) electrons. The summed E-state index contributed by atoms with van der Waals surface area (Å²) < 4.78 is 0. The maximum absolute atomic E-state index is 12.0. The van der Waals surface area contributed by atoms with Gasteiger partial charge in [0.15, 0.2) is 0 Å². The normalized spacial score (nSPS) is 10.4. The van der Waals surface area contributed by atoms with Crippen LogP contribution in [-0.4, -0.2) is 30.8 Å². The molecule has 0 heterocycles. The van der Waals surface area contributed by atoms with E-state index in [2.05, 4.69) is 5.32 Å². The van der Waals surface area contributed by atoms with Gasteiger partial charge in [0.1, 0.15) is 0 Å². The van der Waals surface area contributed by atoms with E-state index in [9.17, 15) is 9.59 Å². The number of nitrogens with zero attached hydrogens (tertiary/aromatic N) is 1. The molecule has 4 nitrogen and oxygen atoms in total. The standard InChI is InChI=1S/C16H24N2O2/c1-5-13(6-2)16(20)17-14-9-7-12(8-10-14)11-15(19)18(3)4/h7-10,13H,5-6,11H2,1-4H3,(H,17,20). The molecular weight excluding hydrogens is 252 g/mol. The first kappa shape index (κ1) is 16.2. The van der Waals surface area contributed by atoms with E-state index in [1.807, 2.05) is 38.1 Å². The van der Waals surface area contributed by atoms with E-state index in [1.165, 1.54) is 0 Å². The van der Waals surface area contributed by atoms with Crippen molar-refractivity contribution in [1.29, 1.82) is 0 Å². The van der Waals surface area contributed by atoms with Gasteiger partial charge in [0.25, 0.3) is 0 Å². The monoisotopic (exact) mass is 276 g/mol. The Morgan fingerprint density at radius 1 is 1.10 bits per heavy atom. The Hall–Kier alpha value is -1.84. The lowest BCUT2D eigenvalue weighted by Crippen LogP contribution is -2.23. The van der Waals surface area contributed by atoms with Crippen LogP contribution in [0.15, 0.2) is 24.3 Å². The van der Waals surface area contributed by atoms with Crippen molar-refractivity contribution in [1.82, 2.24) is 4.90 Å². The lowest BCUT2D eigenvalue weighted by atomic mass is 10.0. The molecule has 1 aromatic rings. The average Bonchev–Trinajstić information content (AvgIpc) is 2.42. The Kier molecular flexibility index (Phi) is 6.22. The molecule has 0 aliphatic heterocycles. The van der Waals surface area contributed by atoms with Crippen molar-refractivity contribution >= 4 is 17.5 Å². The molecule has 0 saturated heterocycles. The highest BCUT2D eigenvalue weighted by atomic mass is 16.2. The highest BCUT2D eigenvalue weighted by molar-refractivity contribution is 5.92. The van der Waals surface area contributed by atoms with Gasteiger partial charge in [-0.3, -0.25) is 9.59 Å². The van der Waals surface area contributed by atoms with E-state index in [1.54, 1.807) is 19.0 Å². The summed E-state index contributed by atoms with van der Waals surface area (Å²) in [6.45, 7) is 4.04. The Balaban J connectivity index is 2.63. The Morgan fingerprint density at radius 3 is 2.10 bits per heavy atom. The lowest BCUT2D eigenvalue weighted by molar-refractivity contribution is -0.128. The van der Waals surface area contributed by atoms with Crippen LogP contribution in [0.1, 0.15) is 32.3 Å². The third-order valence-corrected chi connectivity index (χ3v) is 3.43. The molecule has 0 aliphatic carbocycles. The molecule has 0 bridgehead atoms. The Morgan fingerprint density at radius 2 is 1.65 bits per heavy atom. The van der Waals surface area contributed by atoms with Crippen LogP contribution in [0.2, 0.25) is 0 Å². The molecule has 0 saturated carbocycles. The zero-order valence-corrected chi connectivity index (χ0v) is 12.8. The van der Waals surface area contributed by atoms with Crippen LogP contribution in [0.3, 0.4) is 0 Å². The predicted molar refractivity (Wildman–Crippen MR) is 81.5 cm³/mol. The van der Waals surface area contributed by atoms with Crippen molar-refractivity contribution in [3.05, 3.63) is 29.8 Å². The van der Waals surface area contributed by atoms with Crippen molar-refractivity contribution in [3.63, 3.8) is 0 Å². The zero-order valence-electron chi connectivity index (χ0n) is 12.8. The van der Waals surface area contributed by atoms with Crippen LogP contribution >= 0.6 is 0 Å². The number of rotatable bonds is 6. The van der Waals surface area contributed by atoms with Gasteiger partial charge in [0.05, 0.1) is 6.42 Å². The smallest absolute Gasteiger partial charge is 0.227 e. The SMILES string of the molecule is CCC(CC)C(=O)Nc1ccc(CC(=O)N(C)C)cc1. The highest BCUT2D eigenvalue weighted by Crippen LogP contribution is 2.14. The number of nitrogens with one attached hydrogen (secondary N) is 1. The number of amides is 2. The molecule has 1 aromatic carbocycles. The second-order valence-corrected chi connectivity index (χ2v) is 5.16. The first-order chi connectivity index (χ1) is 9.47. The van der Waals surface area contributed by atoms with Gasteiger partial charge in [0, 0.05) is 25.7 Å². The van der Waals surface area contributed by atoms with E-state index >= 15 is 0 Å². The summed E-state index contributed by atoms with van der Waals surface area (Å²) >= 11 is 0. The molecule has 110 valence electrons. The molecule has 0 aromatic heterocycles. The molecule has 0 unspecified atom stereocenters.